The summed E-state index contributed by atoms with van der Waals surface area (Å²) in [5.74, 6) is 0.217. The molecular weight excluding hydrogens is 328 g/mol. The summed E-state index contributed by atoms with van der Waals surface area (Å²) in [6, 6.07) is 14.9. The molecule has 0 fully saturated rings. The first-order valence-electron chi connectivity index (χ1n) is 8.90. The maximum atomic E-state index is 12.2. The Bertz CT molecular complexity index is 724. The van der Waals surface area contributed by atoms with Gasteiger partial charge in [-0.1, -0.05) is 36.8 Å². The normalized spacial score (nSPS) is 11.5. The fourth-order valence-electron chi connectivity index (χ4n) is 2.60. The van der Waals surface area contributed by atoms with Crippen LogP contribution in [0.25, 0.3) is 0 Å². The number of rotatable bonds is 8. The largest absolute Gasteiger partial charge is 0.494 e. The number of hydrogen-bond donors (Lipinski definition) is 2. The van der Waals surface area contributed by atoms with Gasteiger partial charge in [-0.2, -0.15) is 0 Å². The Balaban J connectivity index is 1.86. The standard InChI is InChI=1S/C21H26N2O3/c1-4-19(16-8-6-15(3)7-9-16)23-20(24)14-22-21(25)17-10-12-18(13-11-17)26-5-2/h6-13,19H,4-5,14H2,1-3H3,(H,22,25)(H,23,24)/t19-/m0/s1. The molecule has 0 saturated heterocycles. The highest BCUT2D eigenvalue weighted by atomic mass is 16.5. The third kappa shape index (κ3) is 5.62. The van der Waals surface area contributed by atoms with Crippen molar-refractivity contribution in [3.63, 3.8) is 0 Å². The molecule has 5 heteroatoms. The lowest BCUT2D eigenvalue weighted by atomic mass is 10.0. The zero-order valence-corrected chi connectivity index (χ0v) is 15.5. The van der Waals surface area contributed by atoms with Gasteiger partial charge in [0.2, 0.25) is 5.91 Å². The van der Waals surface area contributed by atoms with E-state index in [2.05, 4.69) is 10.6 Å². The van der Waals surface area contributed by atoms with Crippen LogP contribution in [0, 0.1) is 6.92 Å². The molecule has 0 spiro atoms. The number of benzene rings is 2. The van der Waals surface area contributed by atoms with Crippen LogP contribution in [0.15, 0.2) is 48.5 Å². The van der Waals surface area contributed by atoms with E-state index in [1.54, 1.807) is 24.3 Å². The minimum absolute atomic E-state index is 0.0611. The van der Waals surface area contributed by atoms with Crippen molar-refractivity contribution in [1.29, 1.82) is 0 Å². The molecule has 1 atom stereocenters. The Kier molecular flexibility index (Phi) is 7.21. The first-order valence-corrected chi connectivity index (χ1v) is 8.90. The minimum atomic E-state index is -0.286. The molecule has 0 aromatic heterocycles. The molecule has 0 bridgehead atoms. The lowest BCUT2D eigenvalue weighted by Gasteiger charge is -2.18. The van der Waals surface area contributed by atoms with Crippen LogP contribution >= 0.6 is 0 Å². The fraction of sp³-hybridized carbons (Fsp3) is 0.333. The van der Waals surface area contributed by atoms with Gasteiger partial charge in [-0.25, -0.2) is 0 Å². The number of amides is 2. The van der Waals surface area contributed by atoms with Crippen LogP contribution < -0.4 is 15.4 Å². The average Bonchev–Trinajstić information content (AvgIpc) is 2.66. The van der Waals surface area contributed by atoms with Crippen LogP contribution in [0.5, 0.6) is 5.75 Å². The first-order chi connectivity index (χ1) is 12.5. The maximum Gasteiger partial charge on any atom is 0.251 e. The van der Waals surface area contributed by atoms with Crippen molar-refractivity contribution in [3.8, 4) is 5.75 Å². The van der Waals surface area contributed by atoms with Gasteiger partial charge in [0.05, 0.1) is 19.2 Å². The predicted octanol–water partition coefficient (Wildman–Crippen LogP) is 3.39. The quantitative estimate of drug-likeness (QED) is 0.763. The van der Waals surface area contributed by atoms with Gasteiger partial charge >= 0.3 is 0 Å². The lowest BCUT2D eigenvalue weighted by Crippen LogP contribution is -2.38. The van der Waals surface area contributed by atoms with Gasteiger partial charge in [-0.05, 0) is 50.1 Å². The summed E-state index contributed by atoms with van der Waals surface area (Å²) in [7, 11) is 0. The average molecular weight is 354 g/mol. The van der Waals surface area contributed by atoms with Gasteiger partial charge in [0.1, 0.15) is 5.75 Å². The van der Waals surface area contributed by atoms with E-state index >= 15 is 0 Å². The van der Waals surface area contributed by atoms with Gasteiger partial charge in [-0.15, -0.1) is 0 Å². The van der Waals surface area contributed by atoms with Gasteiger partial charge < -0.3 is 15.4 Å². The van der Waals surface area contributed by atoms with Crippen LogP contribution in [0.2, 0.25) is 0 Å². The molecule has 2 aromatic carbocycles. The highest BCUT2D eigenvalue weighted by molar-refractivity contribution is 5.96. The topological polar surface area (TPSA) is 67.4 Å². The summed E-state index contributed by atoms with van der Waals surface area (Å²) in [6.07, 6.45) is 0.779. The zero-order chi connectivity index (χ0) is 18.9. The molecule has 138 valence electrons. The summed E-state index contributed by atoms with van der Waals surface area (Å²) in [5.41, 5.74) is 2.73. The molecule has 0 heterocycles. The molecule has 0 saturated carbocycles. The van der Waals surface area contributed by atoms with Crippen LogP contribution in [-0.4, -0.2) is 25.0 Å². The second-order valence-corrected chi connectivity index (χ2v) is 6.08. The fourth-order valence-corrected chi connectivity index (χ4v) is 2.60. The van der Waals surface area contributed by atoms with E-state index in [0.29, 0.717) is 17.9 Å². The zero-order valence-electron chi connectivity index (χ0n) is 15.5. The minimum Gasteiger partial charge on any atom is -0.494 e. The smallest absolute Gasteiger partial charge is 0.251 e. The van der Waals surface area contributed by atoms with E-state index in [0.717, 1.165) is 12.0 Å². The Morgan fingerprint density at radius 1 is 1.00 bits per heavy atom. The summed E-state index contributed by atoms with van der Waals surface area (Å²) in [6.45, 7) is 6.46. The molecule has 0 aliphatic carbocycles. The molecule has 0 radical (unpaired) electrons. The second kappa shape index (κ2) is 9.61. The van der Waals surface area contributed by atoms with Crippen molar-refractivity contribution in [2.24, 2.45) is 0 Å². The van der Waals surface area contributed by atoms with Gasteiger partial charge in [0, 0.05) is 5.56 Å². The summed E-state index contributed by atoms with van der Waals surface area (Å²) < 4.78 is 5.35. The van der Waals surface area contributed by atoms with Crippen molar-refractivity contribution in [1.82, 2.24) is 10.6 Å². The molecule has 2 rings (SSSR count). The van der Waals surface area contributed by atoms with Crippen molar-refractivity contribution < 1.29 is 14.3 Å². The van der Waals surface area contributed by atoms with Crippen molar-refractivity contribution in [2.75, 3.05) is 13.2 Å². The first kappa shape index (κ1) is 19.5. The summed E-state index contributed by atoms with van der Waals surface area (Å²) >= 11 is 0. The Labute approximate surface area is 154 Å². The van der Waals surface area contributed by atoms with E-state index in [1.807, 2.05) is 45.0 Å². The molecule has 0 aliphatic heterocycles. The van der Waals surface area contributed by atoms with Crippen LogP contribution in [-0.2, 0) is 4.79 Å². The molecule has 0 unspecified atom stereocenters. The summed E-state index contributed by atoms with van der Waals surface area (Å²) in [5, 5.41) is 5.61. The molecule has 26 heavy (non-hydrogen) atoms. The molecular formula is C21H26N2O3. The Morgan fingerprint density at radius 2 is 1.65 bits per heavy atom. The van der Waals surface area contributed by atoms with Gasteiger partial charge in [0.15, 0.2) is 0 Å². The summed E-state index contributed by atoms with van der Waals surface area (Å²) in [4.78, 5) is 24.3. The highest BCUT2D eigenvalue weighted by Crippen LogP contribution is 2.17. The van der Waals surface area contributed by atoms with Crippen molar-refractivity contribution >= 4 is 11.8 Å². The van der Waals surface area contributed by atoms with Crippen molar-refractivity contribution in [3.05, 3.63) is 65.2 Å². The number of carbonyl (C=O) groups excluding carboxylic acids is 2. The molecule has 5 nitrogen and oxygen atoms in total. The van der Waals surface area contributed by atoms with E-state index in [4.69, 9.17) is 4.74 Å². The number of hydrogen-bond acceptors (Lipinski definition) is 3. The van der Waals surface area contributed by atoms with Crippen LogP contribution in [0.3, 0.4) is 0 Å². The number of carbonyl (C=O) groups is 2. The van der Waals surface area contributed by atoms with Crippen molar-refractivity contribution in [2.45, 2.75) is 33.2 Å². The Hall–Kier alpha value is -2.82. The SMILES string of the molecule is CCOc1ccc(C(=O)NCC(=O)N[C@@H](CC)c2ccc(C)cc2)cc1. The highest BCUT2D eigenvalue weighted by Gasteiger charge is 2.14. The molecule has 2 amide bonds. The van der Waals surface area contributed by atoms with E-state index in [9.17, 15) is 9.59 Å². The number of aryl methyl sites for hydroxylation is 1. The van der Waals surface area contributed by atoms with E-state index in [-0.39, 0.29) is 24.4 Å². The van der Waals surface area contributed by atoms with E-state index < -0.39 is 0 Å². The van der Waals surface area contributed by atoms with Gasteiger partial charge in [-0.3, -0.25) is 9.59 Å². The second-order valence-electron chi connectivity index (χ2n) is 6.08. The lowest BCUT2D eigenvalue weighted by molar-refractivity contribution is -0.120. The third-order valence-corrected chi connectivity index (χ3v) is 4.06. The maximum absolute atomic E-state index is 12.2. The monoisotopic (exact) mass is 354 g/mol. The molecule has 2 aromatic rings. The third-order valence-electron chi connectivity index (χ3n) is 4.06. The van der Waals surface area contributed by atoms with Crippen LogP contribution in [0.1, 0.15) is 47.8 Å². The number of nitrogens with one attached hydrogen (secondary N) is 2. The van der Waals surface area contributed by atoms with E-state index in [1.165, 1.54) is 5.56 Å². The Morgan fingerprint density at radius 3 is 2.23 bits per heavy atom. The number of ether oxygens (including phenoxy) is 1. The predicted molar refractivity (Wildman–Crippen MR) is 102 cm³/mol. The molecule has 2 N–H and O–H groups in total. The molecule has 0 aliphatic rings. The van der Waals surface area contributed by atoms with Crippen LogP contribution in [0.4, 0.5) is 0 Å². The van der Waals surface area contributed by atoms with Gasteiger partial charge in [0.25, 0.3) is 5.91 Å².